The van der Waals surface area contributed by atoms with Crippen LogP contribution in [0.15, 0.2) is 29.6 Å². The normalized spacial score (nSPS) is 9.85. The Morgan fingerprint density at radius 2 is 2.15 bits per heavy atom. The molecule has 0 radical (unpaired) electrons. The molecule has 1 amide bonds. The van der Waals surface area contributed by atoms with Crippen molar-refractivity contribution < 1.29 is 4.79 Å². The lowest BCUT2D eigenvalue weighted by molar-refractivity contribution is -0.114. The molecule has 0 atom stereocenters. The molecule has 1 heterocycles. The van der Waals surface area contributed by atoms with Gasteiger partial charge in [0.05, 0.1) is 23.9 Å². The molecule has 1 aromatic heterocycles. The average molecular weight is 285 g/mol. The van der Waals surface area contributed by atoms with Crippen LogP contribution in [-0.2, 0) is 11.3 Å². The average Bonchev–Trinajstić information content (AvgIpc) is 2.84. The standard InChI is InChI=1S/C15H15N3OS/c1-10-3-4-12(8-16)7-14(10)17-9-15-13(5-6-20-15)18-11(2)19/h3-7,17H,9H2,1-2H3,(H,18,19). The Labute approximate surface area is 122 Å². The molecule has 5 heteroatoms. The fourth-order valence-corrected chi connectivity index (χ4v) is 2.61. The molecule has 0 spiro atoms. The van der Waals surface area contributed by atoms with E-state index in [-0.39, 0.29) is 5.91 Å². The molecule has 0 aliphatic rings. The summed E-state index contributed by atoms with van der Waals surface area (Å²) >= 11 is 1.58. The molecule has 0 saturated heterocycles. The molecule has 20 heavy (non-hydrogen) atoms. The first-order valence-corrected chi connectivity index (χ1v) is 7.06. The first-order valence-electron chi connectivity index (χ1n) is 6.18. The molecule has 0 saturated carbocycles. The van der Waals surface area contributed by atoms with Crippen LogP contribution in [0.1, 0.15) is 22.9 Å². The summed E-state index contributed by atoms with van der Waals surface area (Å²) in [5.74, 6) is -0.0766. The van der Waals surface area contributed by atoms with Gasteiger partial charge in [0.2, 0.25) is 5.91 Å². The van der Waals surface area contributed by atoms with Crippen LogP contribution in [0.2, 0.25) is 0 Å². The Hall–Kier alpha value is -2.32. The number of hydrogen-bond donors (Lipinski definition) is 2. The van der Waals surface area contributed by atoms with Gasteiger partial charge in [0.25, 0.3) is 0 Å². The maximum atomic E-state index is 11.1. The second kappa shape index (κ2) is 6.22. The Morgan fingerprint density at radius 1 is 1.35 bits per heavy atom. The van der Waals surface area contributed by atoms with E-state index in [1.54, 1.807) is 17.4 Å². The van der Waals surface area contributed by atoms with Crippen LogP contribution in [0.3, 0.4) is 0 Å². The SMILES string of the molecule is CC(=O)Nc1ccsc1CNc1cc(C#N)ccc1C. The van der Waals surface area contributed by atoms with Gasteiger partial charge in [-0.25, -0.2) is 0 Å². The van der Waals surface area contributed by atoms with Gasteiger partial charge >= 0.3 is 0 Å². The van der Waals surface area contributed by atoms with Crippen LogP contribution < -0.4 is 10.6 Å². The van der Waals surface area contributed by atoms with Crippen molar-refractivity contribution in [3.05, 3.63) is 45.6 Å². The maximum absolute atomic E-state index is 11.1. The number of carbonyl (C=O) groups excluding carboxylic acids is 1. The number of nitrogens with one attached hydrogen (secondary N) is 2. The number of anilines is 2. The summed E-state index contributed by atoms with van der Waals surface area (Å²) in [6.07, 6.45) is 0. The molecular formula is C15H15N3OS. The van der Waals surface area contributed by atoms with Gasteiger partial charge in [0.1, 0.15) is 0 Å². The fourth-order valence-electron chi connectivity index (χ4n) is 1.84. The molecular weight excluding hydrogens is 270 g/mol. The number of hydrogen-bond acceptors (Lipinski definition) is 4. The lowest BCUT2D eigenvalue weighted by Gasteiger charge is -2.10. The first-order chi connectivity index (χ1) is 9.60. The number of amides is 1. The van der Waals surface area contributed by atoms with E-state index in [9.17, 15) is 4.79 Å². The predicted octanol–water partition coefficient (Wildman–Crippen LogP) is 3.50. The van der Waals surface area contributed by atoms with Crippen LogP contribution in [0.4, 0.5) is 11.4 Å². The minimum Gasteiger partial charge on any atom is -0.380 e. The molecule has 2 rings (SSSR count). The van der Waals surface area contributed by atoms with E-state index in [1.807, 2.05) is 30.5 Å². The Bertz CT molecular complexity index is 670. The van der Waals surface area contributed by atoms with Crippen molar-refractivity contribution in [2.45, 2.75) is 20.4 Å². The second-order valence-corrected chi connectivity index (χ2v) is 5.43. The van der Waals surface area contributed by atoms with Gasteiger partial charge in [-0.15, -0.1) is 11.3 Å². The minimum atomic E-state index is -0.0766. The maximum Gasteiger partial charge on any atom is 0.221 e. The van der Waals surface area contributed by atoms with E-state index in [0.29, 0.717) is 12.1 Å². The topological polar surface area (TPSA) is 64.9 Å². The van der Waals surface area contributed by atoms with Crippen molar-refractivity contribution in [2.75, 3.05) is 10.6 Å². The summed E-state index contributed by atoms with van der Waals surface area (Å²) in [5, 5.41) is 17.0. The van der Waals surface area contributed by atoms with Crippen LogP contribution in [0, 0.1) is 18.3 Å². The summed E-state index contributed by atoms with van der Waals surface area (Å²) in [5.41, 5.74) is 3.49. The summed E-state index contributed by atoms with van der Waals surface area (Å²) in [6, 6.07) is 9.58. The highest BCUT2D eigenvalue weighted by atomic mass is 32.1. The fraction of sp³-hybridized carbons (Fsp3) is 0.200. The summed E-state index contributed by atoms with van der Waals surface area (Å²) < 4.78 is 0. The van der Waals surface area contributed by atoms with Crippen LogP contribution in [-0.4, -0.2) is 5.91 Å². The smallest absolute Gasteiger partial charge is 0.221 e. The number of nitrogens with zero attached hydrogens (tertiary/aromatic N) is 1. The number of rotatable bonds is 4. The largest absolute Gasteiger partial charge is 0.380 e. The number of aryl methyl sites for hydroxylation is 1. The Morgan fingerprint density at radius 3 is 2.85 bits per heavy atom. The summed E-state index contributed by atoms with van der Waals surface area (Å²) in [6.45, 7) is 4.10. The van der Waals surface area contributed by atoms with E-state index in [0.717, 1.165) is 21.8 Å². The van der Waals surface area contributed by atoms with Crippen molar-refractivity contribution in [3.8, 4) is 6.07 Å². The zero-order valence-corrected chi connectivity index (χ0v) is 12.2. The van der Waals surface area contributed by atoms with Gasteiger partial charge in [-0.1, -0.05) is 6.07 Å². The molecule has 102 valence electrons. The molecule has 0 unspecified atom stereocenters. The summed E-state index contributed by atoms with van der Waals surface area (Å²) in [7, 11) is 0. The third-order valence-corrected chi connectivity index (χ3v) is 3.78. The van der Waals surface area contributed by atoms with Crippen LogP contribution >= 0.6 is 11.3 Å². The Balaban J connectivity index is 2.11. The van der Waals surface area contributed by atoms with E-state index in [1.165, 1.54) is 6.92 Å². The van der Waals surface area contributed by atoms with Gasteiger partial charge in [0.15, 0.2) is 0 Å². The summed E-state index contributed by atoms with van der Waals surface area (Å²) in [4.78, 5) is 12.2. The number of benzene rings is 1. The first kappa shape index (κ1) is 14.1. The second-order valence-electron chi connectivity index (χ2n) is 4.43. The third-order valence-electron chi connectivity index (χ3n) is 2.86. The van der Waals surface area contributed by atoms with Crippen LogP contribution in [0.5, 0.6) is 0 Å². The molecule has 2 N–H and O–H groups in total. The van der Waals surface area contributed by atoms with Crippen molar-refractivity contribution >= 4 is 28.6 Å². The van der Waals surface area contributed by atoms with Gasteiger partial charge in [-0.3, -0.25) is 4.79 Å². The molecule has 0 bridgehead atoms. The van der Waals surface area contributed by atoms with E-state index >= 15 is 0 Å². The van der Waals surface area contributed by atoms with Gasteiger partial charge < -0.3 is 10.6 Å². The van der Waals surface area contributed by atoms with Crippen molar-refractivity contribution in [1.29, 1.82) is 5.26 Å². The van der Waals surface area contributed by atoms with Crippen molar-refractivity contribution in [2.24, 2.45) is 0 Å². The van der Waals surface area contributed by atoms with Crippen LogP contribution in [0.25, 0.3) is 0 Å². The van der Waals surface area contributed by atoms with Gasteiger partial charge in [0, 0.05) is 17.5 Å². The molecule has 1 aromatic carbocycles. The zero-order valence-electron chi connectivity index (χ0n) is 11.4. The highest BCUT2D eigenvalue weighted by Crippen LogP contribution is 2.24. The lowest BCUT2D eigenvalue weighted by Crippen LogP contribution is -2.08. The van der Waals surface area contributed by atoms with E-state index in [4.69, 9.17) is 5.26 Å². The van der Waals surface area contributed by atoms with E-state index in [2.05, 4.69) is 16.7 Å². The number of thiophene rings is 1. The Kier molecular flexibility index (Phi) is 4.38. The third kappa shape index (κ3) is 3.37. The quantitative estimate of drug-likeness (QED) is 0.903. The van der Waals surface area contributed by atoms with Crippen molar-refractivity contribution in [1.82, 2.24) is 0 Å². The predicted molar refractivity (Wildman–Crippen MR) is 81.8 cm³/mol. The van der Waals surface area contributed by atoms with Gasteiger partial charge in [-0.05, 0) is 36.1 Å². The highest BCUT2D eigenvalue weighted by molar-refractivity contribution is 7.10. The van der Waals surface area contributed by atoms with Crippen molar-refractivity contribution in [3.63, 3.8) is 0 Å². The molecule has 0 aliphatic heterocycles. The molecule has 4 nitrogen and oxygen atoms in total. The van der Waals surface area contributed by atoms with Gasteiger partial charge in [-0.2, -0.15) is 5.26 Å². The number of carbonyl (C=O) groups is 1. The lowest BCUT2D eigenvalue weighted by atomic mass is 10.1. The molecule has 2 aromatic rings. The molecule has 0 fully saturated rings. The molecule has 0 aliphatic carbocycles. The van der Waals surface area contributed by atoms with E-state index < -0.39 is 0 Å². The monoisotopic (exact) mass is 285 g/mol. The highest BCUT2D eigenvalue weighted by Gasteiger charge is 2.06. The zero-order chi connectivity index (χ0) is 14.5. The minimum absolute atomic E-state index is 0.0766. The number of nitriles is 1.